The zero-order valence-corrected chi connectivity index (χ0v) is 13.5. The maximum atomic E-state index is 12.5. The Labute approximate surface area is 120 Å². The largest absolute Gasteiger partial charge is 0.467 e. The van der Waals surface area contributed by atoms with Gasteiger partial charge in [0, 0.05) is 11.5 Å². The van der Waals surface area contributed by atoms with Crippen molar-refractivity contribution in [1.29, 1.82) is 0 Å². The summed E-state index contributed by atoms with van der Waals surface area (Å²) in [6.45, 7) is 6.81. The summed E-state index contributed by atoms with van der Waals surface area (Å²) in [6, 6.07) is -1.24. The molecule has 1 aliphatic heterocycles. The van der Waals surface area contributed by atoms with Crippen molar-refractivity contribution in [3.8, 4) is 0 Å². The smallest absolute Gasteiger partial charge is 0.328 e. The highest BCUT2D eigenvalue weighted by atomic mass is 32.2. The second-order valence-corrected chi connectivity index (χ2v) is 8.45. The minimum Gasteiger partial charge on any atom is -0.467 e. The van der Waals surface area contributed by atoms with E-state index in [4.69, 9.17) is 0 Å². The number of ether oxygens (including phenoxy) is 1. The van der Waals surface area contributed by atoms with Gasteiger partial charge in [-0.25, -0.2) is 13.2 Å². The molecule has 1 saturated heterocycles. The summed E-state index contributed by atoms with van der Waals surface area (Å²) in [7, 11) is -1.88. The number of methoxy groups -OCH3 is 1. The third-order valence-electron chi connectivity index (χ3n) is 3.44. The first-order valence-corrected chi connectivity index (χ1v) is 8.43. The molecule has 0 radical (unpaired) electrons. The monoisotopic (exact) mass is 305 g/mol. The predicted molar refractivity (Wildman–Crippen MR) is 74.8 cm³/mol. The lowest BCUT2D eigenvalue weighted by Crippen LogP contribution is -2.53. The quantitative estimate of drug-likeness (QED) is 0.714. The Balaban J connectivity index is 3.09. The molecule has 116 valence electrons. The topological polar surface area (TPSA) is 80.8 Å². The van der Waals surface area contributed by atoms with E-state index in [9.17, 15) is 18.0 Å². The lowest BCUT2D eigenvalue weighted by molar-refractivity contribution is -0.157. The Hall–Kier alpha value is -1.11. The van der Waals surface area contributed by atoms with Crippen LogP contribution in [0.2, 0.25) is 0 Å². The third kappa shape index (κ3) is 3.71. The van der Waals surface area contributed by atoms with Crippen LogP contribution in [0.4, 0.5) is 0 Å². The molecular weight excluding hydrogens is 282 g/mol. The van der Waals surface area contributed by atoms with Crippen molar-refractivity contribution in [2.75, 3.05) is 18.6 Å². The molecule has 20 heavy (non-hydrogen) atoms. The Morgan fingerprint density at radius 2 is 1.85 bits per heavy atom. The van der Waals surface area contributed by atoms with Gasteiger partial charge in [0.05, 0.1) is 18.6 Å². The molecule has 0 bridgehead atoms. The van der Waals surface area contributed by atoms with Crippen molar-refractivity contribution in [1.82, 2.24) is 4.90 Å². The Morgan fingerprint density at radius 1 is 1.30 bits per heavy atom. The van der Waals surface area contributed by atoms with Gasteiger partial charge in [0.2, 0.25) is 5.91 Å². The highest BCUT2D eigenvalue weighted by molar-refractivity contribution is 7.91. The molecular formula is C13H23NO5S. The van der Waals surface area contributed by atoms with E-state index in [-0.39, 0.29) is 17.4 Å². The van der Waals surface area contributed by atoms with Gasteiger partial charge in [-0.2, -0.15) is 0 Å². The molecule has 1 fully saturated rings. The first-order chi connectivity index (χ1) is 8.99. The molecule has 0 saturated carbocycles. The standard InChI is InChI=1S/C13H23NO5S/c1-9(11(15)19-5)14(12(16)13(2,3)4)10-6-7-20(17,18)8-10/h9-10H,6-8H2,1-5H3. The lowest BCUT2D eigenvalue weighted by Gasteiger charge is -2.36. The molecule has 0 aromatic rings. The number of esters is 1. The number of sulfone groups is 1. The van der Waals surface area contributed by atoms with Crippen LogP contribution >= 0.6 is 0 Å². The number of carbonyl (C=O) groups is 2. The van der Waals surface area contributed by atoms with Crippen LogP contribution in [-0.4, -0.2) is 55.9 Å². The molecule has 1 heterocycles. The van der Waals surface area contributed by atoms with E-state index >= 15 is 0 Å². The van der Waals surface area contributed by atoms with E-state index in [0.717, 1.165) is 0 Å². The summed E-state index contributed by atoms with van der Waals surface area (Å²) in [5, 5.41) is 0. The first kappa shape index (κ1) is 16.9. The van der Waals surface area contributed by atoms with Crippen LogP contribution in [-0.2, 0) is 24.2 Å². The van der Waals surface area contributed by atoms with E-state index in [1.54, 1.807) is 27.7 Å². The van der Waals surface area contributed by atoms with E-state index in [1.165, 1.54) is 12.0 Å². The molecule has 1 rings (SSSR count). The van der Waals surface area contributed by atoms with Crippen LogP contribution in [0, 0.1) is 5.41 Å². The summed E-state index contributed by atoms with van der Waals surface area (Å²) in [5.74, 6) is -0.806. The van der Waals surface area contributed by atoms with Gasteiger partial charge in [-0.1, -0.05) is 20.8 Å². The van der Waals surface area contributed by atoms with Crippen LogP contribution in [0.3, 0.4) is 0 Å². The maximum Gasteiger partial charge on any atom is 0.328 e. The average Bonchev–Trinajstić information content (AvgIpc) is 2.67. The minimum atomic E-state index is -3.13. The molecule has 0 aromatic heterocycles. The lowest BCUT2D eigenvalue weighted by atomic mass is 9.92. The van der Waals surface area contributed by atoms with E-state index in [0.29, 0.717) is 6.42 Å². The Kier molecular flexibility index (Phi) is 4.84. The molecule has 1 aliphatic rings. The molecule has 0 N–H and O–H groups in total. The highest BCUT2D eigenvalue weighted by Gasteiger charge is 2.42. The molecule has 0 spiro atoms. The van der Waals surface area contributed by atoms with Crippen molar-refractivity contribution in [3.05, 3.63) is 0 Å². The number of amides is 1. The van der Waals surface area contributed by atoms with E-state index < -0.39 is 33.3 Å². The second kappa shape index (κ2) is 5.71. The van der Waals surface area contributed by atoms with Crippen LogP contribution in [0.25, 0.3) is 0 Å². The Morgan fingerprint density at radius 3 is 2.20 bits per heavy atom. The van der Waals surface area contributed by atoms with E-state index in [2.05, 4.69) is 4.74 Å². The molecule has 7 heteroatoms. The van der Waals surface area contributed by atoms with Crippen molar-refractivity contribution in [2.45, 2.75) is 46.2 Å². The third-order valence-corrected chi connectivity index (χ3v) is 5.19. The van der Waals surface area contributed by atoms with Gasteiger partial charge in [0.15, 0.2) is 9.84 Å². The summed E-state index contributed by atoms with van der Waals surface area (Å²) < 4.78 is 27.9. The van der Waals surface area contributed by atoms with Gasteiger partial charge < -0.3 is 9.64 Å². The minimum absolute atomic E-state index is 0.0550. The molecule has 1 amide bonds. The van der Waals surface area contributed by atoms with Gasteiger partial charge >= 0.3 is 5.97 Å². The predicted octanol–water partition coefficient (Wildman–Crippen LogP) is 0.610. The highest BCUT2D eigenvalue weighted by Crippen LogP contribution is 2.26. The van der Waals surface area contributed by atoms with E-state index in [1.807, 2.05) is 0 Å². The second-order valence-electron chi connectivity index (χ2n) is 6.22. The molecule has 2 atom stereocenters. The van der Waals surface area contributed by atoms with Crippen LogP contribution in [0.15, 0.2) is 0 Å². The molecule has 2 unspecified atom stereocenters. The fraction of sp³-hybridized carbons (Fsp3) is 0.846. The van der Waals surface area contributed by atoms with Crippen molar-refractivity contribution < 1.29 is 22.7 Å². The van der Waals surface area contributed by atoms with Gasteiger partial charge in [0.25, 0.3) is 0 Å². The van der Waals surface area contributed by atoms with Crippen molar-refractivity contribution in [3.63, 3.8) is 0 Å². The number of hydrogen-bond acceptors (Lipinski definition) is 5. The normalized spacial score (nSPS) is 23.1. The Bertz CT molecular complexity index is 491. The maximum absolute atomic E-state index is 12.5. The summed E-state index contributed by atoms with van der Waals surface area (Å²) in [5.41, 5.74) is -0.686. The first-order valence-electron chi connectivity index (χ1n) is 6.60. The van der Waals surface area contributed by atoms with Crippen LogP contribution < -0.4 is 0 Å². The number of carbonyl (C=O) groups excluding carboxylic acids is 2. The van der Waals surface area contributed by atoms with Crippen molar-refractivity contribution in [2.24, 2.45) is 5.41 Å². The summed E-state index contributed by atoms with van der Waals surface area (Å²) >= 11 is 0. The van der Waals surface area contributed by atoms with Crippen LogP contribution in [0.1, 0.15) is 34.1 Å². The number of nitrogens with zero attached hydrogens (tertiary/aromatic N) is 1. The zero-order chi connectivity index (χ0) is 15.7. The molecule has 0 aromatic carbocycles. The summed E-state index contributed by atoms with van der Waals surface area (Å²) in [4.78, 5) is 25.7. The SMILES string of the molecule is COC(=O)C(C)N(C(=O)C(C)(C)C)C1CCS(=O)(=O)C1. The fourth-order valence-corrected chi connectivity index (χ4v) is 4.04. The zero-order valence-electron chi connectivity index (χ0n) is 12.7. The molecule has 0 aliphatic carbocycles. The van der Waals surface area contributed by atoms with Gasteiger partial charge in [0.1, 0.15) is 6.04 Å². The van der Waals surface area contributed by atoms with Gasteiger partial charge in [-0.05, 0) is 13.3 Å². The van der Waals surface area contributed by atoms with Crippen molar-refractivity contribution >= 4 is 21.7 Å². The average molecular weight is 305 g/mol. The van der Waals surface area contributed by atoms with Gasteiger partial charge in [-0.3, -0.25) is 4.79 Å². The molecule has 6 nitrogen and oxygen atoms in total. The number of hydrogen-bond donors (Lipinski definition) is 0. The van der Waals surface area contributed by atoms with Crippen LogP contribution in [0.5, 0.6) is 0 Å². The summed E-state index contributed by atoms with van der Waals surface area (Å²) in [6.07, 6.45) is 0.367. The fourth-order valence-electron chi connectivity index (χ4n) is 2.32. The number of rotatable bonds is 3. The van der Waals surface area contributed by atoms with Gasteiger partial charge in [-0.15, -0.1) is 0 Å².